The Labute approximate surface area is 186 Å². The fourth-order valence-electron chi connectivity index (χ4n) is 2.75. The topological polar surface area (TPSA) is 98.7 Å². The average Bonchev–Trinajstić information content (AvgIpc) is 3.10. The summed E-state index contributed by atoms with van der Waals surface area (Å²) in [4.78, 5) is 36.9. The molecule has 0 saturated carbocycles. The third-order valence-corrected chi connectivity index (χ3v) is 4.32. The SMILES string of the molecule is CCOC(=O)c1ccc(C(=O)NCc2ccc(Cl)cc2)n1CCNC(=O)OC(C)(C)C. The van der Waals surface area contributed by atoms with Gasteiger partial charge < -0.3 is 24.7 Å². The third-order valence-electron chi connectivity index (χ3n) is 4.07. The van der Waals surface area contributed by atoms with Crippen molar-refractivity contribution in [1.29, 1.82) is 0 Å². The molecule has 2 N–H and O–H groups in total. The minimum atomic E-state index is -0.625. The molecule has 1 heterocycles. The van der Waals surface area contributed by atoms with Gasteiger partial charge in [0.15, 0.2) is 0 Å². The molecule has 0 aliphatic heterocycles. The molecule has 2 rings (SSSR count). The molecule has 0 atom stereocenters. The van der Waals surface area contributed by atoms with Gasteiger partial charge in [0.1, 0.15) is 17.0 Å². The molecular formula is C22H28ClN3O5. The van der Waals surface area contributed by atoms with Crippen molar-refractivity contribution in [3.63, 3.8) is 0 Å². The molecule has 31 heavy (non-hydrogen) atoms. The summed E-state index contributed by atoms with van der Waals surface area (Å²) < 4.78 is 11.8. The van der Waals surface area contributed by atoms with E-state index in [0.717, 1.165) is 5.56 Å². The van der Waals surface area contributed by atoms with Crippen LogP contribution in [0, 0.1) is 0 Å². The number of esters is 1. The van der Waals surface area contributed by atoms with Gasteiger partial charge >= 0.3 is 12.1 Å². The van der Waals surface area contributed by atoms with Crippen LogP contribution in [0.3, 0.4) is 0 Å². The largest absolute Gasteiger partial charge is 0.461 e. The number of alkyl carbamates (subject to hydrolysis) is 1. The van der Waals surface area contributed by atoms with E-state index in [0.29, 0.717) is 11.6 Å². The maximum Gasteiger partial charge on any atom is 0.407 e. The van der Waals surface area contributed by atoms with Crippen molar-refractivity contribution in [3.8, 4) is 0 Å². The van der Waals surface area contributed by atoms with Crippen LogP contribution in [-0.4, -0.2) is 41.3 Å². The summed E-state index contributed by atoms with van der Waals surface area (Å²) in [7, 11) is 0. The number of aromatic nitrogens is 1. The summed E-state index contributed by atoms with van der Waals surface area (Å²) in [5.74, 6) is -0.903. The number of halogens is 1. The molecule has 2 amide bonds. The second-order valence-electron chi connectivity index (χ2n) is 7.71. The first-order chi connectivity index (χ1) is 14.6. The van der Waals surface area contributed by atoms with Crippen molar-refractivity contribution in [2.75, 3.05) is 13.2 Å². The van der Waals surface area contributed by atoms with Crippen LogP contribution in [-0.2, 0) is 22.6 Å². The van der Waals surface area contributed by atoms with E-state index in [1.807, 2.05) is 12.1 Å². The summed E-state index contributed by atoms with van der Waals surface area (Å²) >= 11 is 5.88. The van der Waals surface area contributed by atoms with E-state index in [1.165, 1.54) is 10.6 Å². The Kier molecular flexibility index (Phi) is 8.50. The lowest BCUT2D eigenvalue weighted by Gasteiger charge is -2.20. The lowest BCUT2D eigenvalue weighted by molar-refractivity contribution is 0.0513. The summed E-state index contributed by atoms with van der Waals surface area (Å²) in [6.07, 6.45) is -0.578. The standard InChI is InChI=1S/C22H28ClN3O5/c1-5-30-20(28)18-11-10-17(19(27)25-14-15-6-8-16(23)9-7-15)26(18)13-12-24-21(29)31-22(2,3)4/h6-11H,5,12-14H2,1-4H3,(H,24,29)(H,25,27). The molecule has 0 spiro atoms. The number of hydrogen-bond donors (Lipinski definition) is 2. The molecule has 8 nitrogen and oxygen atoms in total. The monoisotopic (exact) mass is 449 g/mol. The van der Waals surface area contributed by atoms with E-state index in [1.54, 1.807) is 45.9 Å². The van der Waals surface area contributed by atoms with Crippen molar-refractivity contribution in [1.82, 2.24) is 15.2 Å². The molecule has 0 fully saturated rings. The lowest BCUT2D eigenvalue weighted by atomic mass is 10.2. The zero-order valence-electron chi connectivity index (χ0n) is 18.2. The minimum absolute atomic E-state index is 0.160. The molecule has 0 unspecified atom stereocenters. The van der Waals surface area contributed by atoms with Crippen molar-refractivity contribution in [2.24, 2.45) is 0 Å². The Hall–Kier alpha value is -3.00. The molecular weight excluding hydrogens is 422 g/mol. The molecule has 9 heteroatoms. The number of nitrogens with one attached hydrogen (secondary N) is 2. The van der Waals surface area contributed by atoms with Gasteiger partial charge in [-0.15, -0.1) is 0 Å². The number of carbonyl (C=O) groups excluding carboxylic acids is 3. The van der Waals surface area contributed by atoms with Crippen molar-refractivity contribution < 1.29 is 23.9 Å². The van der Waals surface area contributed by atoms with E-state index in [9.17, 15) is 14.4 Å². The van der Waals surface area contributed by atoms with Gasteiger partial charge in [0.2, 0.25) is 0 Å². The number of amides is 2. The number of ether oxygens (including phenoxy) is 2. The minimum Gasteiger partial charge on any atom is -0.461 e. The normalized spacial score (nSPS) is 11.0. The van der Waals surface area contributed by atoms with Crippen LogP contribution >= 0.6 is 11.6 Å². The van der Waals surface area contributed by atoms with Gasteiger partial charge in [-0.1, -0.05) is 23.7 Å². The molecule has 1 aromatic carbocycles. The summed E-state index contributed by atoms with van der Waals surface area (Å²) in [6, 6.07) is 10.2. The molecule has 168 valence electrons. The molecule has 0 bridgehead atoms. The summed E-state index contributed by atoms with van der Waals surface area (Å²) in [5, 5.41) is 6.06. The van der Waals surface area contributed by atoms with Crippen molar-refractivity contribution >= 4 is 29.6 Å². The highest BCUT2D eigenvalue weighted by Gasteiger charge is 2.21. The highest BCUT2D eigenvalue weighted by atomic mass is 35.5. The highest BCUT2D eigenvalue weighted by Crippen LogP contribution is 2.13. The van der Waals surface area contributed by atoms with Gasteiger partial charge in [-0.05, 0) is 57.5 Å². The number of hydrogen-bond acceptors (Lipinski definition) is 5. The van der Waals surface area contributed by atoms with Crippen molar-refractivity contribution in [3.05, 3.63) is 58.4 Å². The van der Waals surface area contributed by atoms with Crippen LogP contribution in [0.25, 0.3) is 0 Å². The first-order valence-corrected chi connectivity index (χ1v) is 10.3. The number of benzene rings is 1. The van der Waals surface area contributed by atoms with Crippen LogP contribution in [0.4, 0.5) is 4.79 Å². The predicted octanol–water partition coefficient (Wildman–Crippen LogP) is 3.77. The maximum absolute atomic E-state index is 12.8. The smallest absolute Gasteiger partial charge is 0.407 e. The average molecular weight is 450 g/mol. The van der Waals surface area contributed by atoms with Gasteiger partial charge in [0.25, 0.3) is 5.91 Å². The molecule has 0 saturated heterocycles. The Balaban J connectivity index is 2.10. The van der Waals surface area contributed by atoms with Crippen LogP contribution in [0.2, 0.25) is 5.02 Å². The van der Waals surface area contributed by atoms with Gasteiger partial charge in [-0.25, -0.2) is 9.59 Å². The zero-order chi connectivity index (χ0) is 23.0. The first-order valence-electron chi connectivity index (χ1n) is 9.97. The fraction of sp³-hybridized carbons (Fsp3) is 0.409. The number of nitrogens with zero attached hydrogens (tertiary/aromatic N) is 1. The number of carbonyl (C=O) groups is 3. The molecule has 0 aliphatic rings. The van der Waals surface area contributed by atoms with Gasteiger partial charge in [0, 0.05) is 24.7 Å². The molecule has 0 radical (unpaired) electrons. The van der Waals surface area contributed by atoms with Gasteiger partial charge in [0.05, 0.1) is 6.61 Å². The van der Waals surface area contributed by atoms with Gasteiger partial charge in [-0.2, -0.15) is 0 Å². The van der Waals surface area contributed by atoms with Crippen LogP contribution in [0.1, 0.15) is 54.2 Å². The summed E-state index contributed by atoms with van der Waals surface area (Å²) in [5.41, 5.74) is 0.765. The highest BCUT2D eigenvalue weighted by molar-refractivity contribution is 6.30. The van der Waals surface area contributed by atoms with Crippen LogP contribution < -0.4 is 10.6 Å². The quantitative estimate of drug-likeness (QED) is 0.597. The van der Waals surface area contributed by atoms with Gasteiger partial charge in [-0.3, -0.25) is 4.79 Å². The van der Waals surface area contributed by atoms with Crippen LogP contribution in [0.15, 0.2) is 36.4 Å². The predicted molar refractivity (Wildman–Crippen MR) is 117 cm³/mol. The maximum atomic E-state index is 12.8. The van der Waals surface area contributed by atoms with E-state index < -0.39 is 17.7 Å². The Morgan fingerprint density at radius 3 is 2.26 bits per heavy atom. The van der Waals surface area contributed by atoms with E-state index in [4.69, 9.17) is 21.1 Å². The van der Waals surface area contributed by atoms with Crippen molar-refractivity contribution in [2.45, 2.75) is 46.4 Å². The van der Waals surface area contributed by atoms with E-state index in [-0.39, 0.29) is 37.0 Å². The second kappa shape index (κ2) is 10.9. The molecule has 0 aliphatic carbocycles. The summed E-state index contributed by atoms with van der Waals surface area (Å²) in [6.45, 7) is 7.85. The van der Waals surface area contributed by atoms with Crippen LogP contribution in [0.5, 0.6) is 0 Å². The Morgan fingerprint density at radius 2 is 1.65 bits per heavy atom. The number of rotatable bonds is 8. The second-order valence-corrected chi connectivity index (χ2v) is 8.15. The molecule has 1 aromatic heterocycles. The Bertz CT molecular complexity index is 916. The Morgan fingerprint density at radius 1 is 1.00 bits per heavy atom. The van der Waals surface area contributed by atoms with E-state index >= 15 is 0 Å². The zero-order valence-corrected chi connectivity index (χ0v) is 18.9. The first kappa shape index (κ1) is 24.3. The van der Waals surface area contributed by atoms with E-state index in [2.05, 4.69) is 10.6 Å². The molecule has 2 aromatic rings. The lowest BCUT2D eigenvalue weighted by Crippen LogP contribution is -2.35. The third kappa shape index (κ3) is 7.64. The fourth-order valence-corrected chi connectivity index (χ4v) is 2.88.